The molecule has 0 aliphatic carbocycles. The first-order chi connectivity index (χ1) is 11.8. The Balaban J connectivity index is 1.93. The van der Waals surface area contributed by atoms with Gasteiger partial charge in [-0.05, 0) is 38.5 Å². The number of amides is 2. The van der Waals surface area contributed by atoms with E-state index in [1.54, 1.807) is 18.3 Å². The van der Waals surface area contributed by atoms with E-state index in [0.29, 0.717) is 17.1 Å². The maximum absolute atomic E-state index is 12.9. The predicted molar refractivity (Wildman–Crippen MR) is 95.2 cm³/mol. The van der Waals surface area contributed by atoms with Crippen LogP contribution in [0, 0.1) is 11.3 Å². The zero-order valence-corrected chi connectivity index (χ0v) is 14.5. The van der Waals surface area contributed by atoms with Gasteiger partial charge < -0.3 is 15.2 Å². The standard InChI is InChI=1S/C19H20N4O2/c1-19(2,3)23-11-12(10-20)8-16(23)22-18(25)14-9-17(24)21-15-7-5-4-6-13(14)15/h4-8,11,14H,9H2,1-3H3,(H,21,24)(H,22,25)/t14-/m1/s1. The van der Waals surface area contributed by atoms with Gasteiger partial charge in [0, 0.05) is 23.8 Å². The first kappa shape index (κ1) is 16.8. The van der Waals surface area contributed by atoms with Gasteiger partial charge in [-0.15, -0.1) is 0 Å². The van der Waals surface area contributed by atoms with Crippen LogP contribution in [0.15, 0.2) is 36.5 Å². The molecule has 0 saturated carbocycles. The Kier molecular flexibility index (Phi) is 4.09. The lowest BCUT2D eigenvalue weighted by molar-refractivity contribution is -0.123. The van der Waals surface area contributed by atoms with Gasteiger partial charge in [-0.25, -0.2) is 0 Å². The fourth-order valence-corrected chi connectivity index (χ4v) is 3.03. The summed E-state index contributed by atoms with van der Waals surface area (Å²) in [5.74, 6) is -0.436. The minimum Gasteiger partial charge on any atom is -0.328 e. The minimum atomic E-state index is -0.557. The Labute approximate surface area is 146 Å². The number of nitrogens with one attached hydrogen (secondary N) is 2. The van der Waals surface area contributed by atoms with Gasteiger partial charge in [0.25, 0.3) is 0 Å². The number of nitrogens with zero attached hydrogens (tertiary/aromatic N) is 2. The summed E-state index contributed by atoms with van der Waals surface area (Å²) in [6, 6.07) is 11.1. The Bertz CT molecular complexity index is 884. The van der Waals surface area contributed by atoms with E-state index in [9.17, 15) is 9.59 Å². The average molecular weight is 336 g/mol. The topological polar surface area (TPSA) is 86.9 Å². The van der Waals surface area contributed by atoms with Gasteiger partial charge in [-0.1, -0.05) is 18.2 Å². The Morgan fingerprint density at radius 3 is 2.76 bits per heavy atom. The van der Waals surface area contributed by atoms with Crippen LogP contribution < -0.4 is 10.6 Å². The molecular weight excluding hydrogens is 316 g/mol. The highest BCUT2D eigenvalue weighted by Crippen LogP contribution is 2.33. The number of rotatable bonds is 2. The number of aromatic nitrogens is 1. The van der Waals surface area contributed by atoms with Crippen molar-refractivity contribution in [1.82, 2.24) is 4.57 Å². The van der Waals surface area contributed by atoms with E-state index < -0.39 is 5.92 Å². The SMILES string of the molecule is CC(C)(C)n1cc(C#N)cc1NC(=O)[C@@H]1CC(=O)Nc2ccccc21. The number of carbonyl (C=O) groups excluding carboxylic acids is 2. The zero-order chi connectivity index (χ0) is 18.2. The molecular formula is C19H20N4O2. The largest absolute Gasteiger partial charge is 0.328 e. The van der Waals surface area contributed by atoms with Gasteiger partial charge >= 0.3 is 0 Å². The van der Waals surface area contributed by atoms with E-state index >= 15 is 0 Å². The van der Waals surface area contributed by atoms with E-state index in [2.05, 4.69) is 16.7 Å². The summed E-state index contributed by atoms with van der Waals surface area (Å²) in [5, 5.41) is 14.8. The Morgan fingerprint density at radius 2 is 2.08 bits per heavy atom. The third kappa shape index (κ3) is 3.26. The number of carbonyl (C=O) groups is 2. The van der Waals surface area contributed by atoms with Crippen LogP contribution in [0.2, 0.25) is 0 Å². The second kappa shape index (κ2) is 6.10. The maximum atomic E-state index is 12.9. The van der Waals surface area contributed by atoms with Crippen LogP contribution in [-0.2, 0) is 15.1 Å². The first-order valence-electron chi connectivity index (χ1n) is 8.12. The third-order valence-corrected chi connectivity index (χ3v) is 4.24. The average Bonchev–Trinajstić information content (AvgIpc) is 2.97. The third-order valence-electron chi connectivity index (χ3n) is 4.24. The minimum absolute atomic E-state index is 0.101. The number of benzene rings is 1. The first-order valence-corrected chi connectivity index (χ1v) is 8.12. The molecule has 0 unspecified atom stereocenters. The predicted octanol–water partition coefficient (Wildman–Crippen LogP) is 3.18. The number of nitriles is 1. The number of hydrogen-bond donors (Lipinski definition) is 2. The summed E-state index contributed by atoms with van der Waals surface area (Å²) in [7, 11) is 0. The molecule has 1 atom stereocenters. The quantitative estimate of drug-likeness (QED) is 0.883. The molecule has 1 aromatic heterocycles. The summed E-state index contributed by atoms with van der Waals surface area (Å²) in [5.41, 5.74) is 1.66. The van der Waals surface area contributed by atoms with E-state index in [4.69, 9.17) is 5.26 Å². The van der Waals surface area contributed by atoms with Crippen molar-refractivity contribution >= 4 is 23.3 Å². The van der Waals surface area contributed by atoms with E-state index in [0.717, 1.165) is 5.56 Å². The fourth-order valence-electron chi connectivity index (χ4n) is 3.03. The van der Waals surface area contributed by atoms with Gasteiger partial charge in [-0.2, -0.15) is 5.26 Å². The summed E-state index contributed by atoms with van der Waals surface area (Å²) in [4.78, 5) is 24.8. The monoisotopic (exact) mass is 336 g/mol. The number of anilines is 2. The normalized spacial score (nSPS) is 16.6. The molecule has 2 heterocycles. The molecule has 2 N–H and O–H groups in total. The van der Waals surface area contributed by atoms with Gasteiger partial charge in [0.05, 0.1) is 11.5 Å². The van der Waals surface area contributed by atoms with Crippen molar-refractivity contribution in [2.45, 2.75) is 38.6 Å². The Morgan fingerprint density at radius 1 is 1.36 bits per heavy atom. The molecule has 128 valence electrons. The summed E-state index contributed by atoms with van der Waals surface area (Å²) >= 11 is 0. The highest BCUT2D eigenvalue weighted by atomic mass is 16.2. The molecule has 2 amide bonds. The van der Waals surface area contributed by atoms with Crippen LogP contribution in [-0.4, -0.2) is 16.4 Å². The molecule has 0 spiro atoms. The lowest BCUT2D eigenvalue weighted by atomic mass is 9.90. The molecule has 1 aliphatic heterocycles. The molecule has 0 fully saturated rings. The number of hydrogen-bond acceptors (Lipinski definition) is 3. The zero-order valence-electron chi connectivity index (χ0n) is 14.5. The number of fused-ring (bicyclic) bond motifs is 1. The summed E-state index contributed by atoms with van der Waals surface area (Å²) in [6.45, 7) is 5.98. The Hall–Kier alpha value is -3.07. The van der Waals surface area contributed by atoms with Crippen LogP contribution in [0.3, 0.4) is 0 Å². The molecule has 0 radical (unpaired) electrons. The molecule has 25 heavy (non-hydrogen) atoms. The van der Waals surface area contributed by atoms with Crippen LogP contribution in [0.1, 0.15) is 44.2 Å². The molecule has 6 nitrogen and oxygen atoms in total. The molecule has 1 aromatic carbocycles. The fraction of sp³-hybridized carbons (Fsp3) is 0.316. The molecule has 0 bridgehead atoms. The van der Waals surface area contributed by atoms with Crippen LogP contribution in [0.25, 0.3) is 0 Å². The van der Waals surface area contributed by atoms with E-state index in [1.807, 2.05) is 43.5 Å². The van der Waals surface area contributed by atoms with Crippen LogP contribution in [0.5, 0.6) is 0 Å². The highest BCUT2D eigenvalue weighted by Gasteiger charge is 2.31. The van der Waals surface area contributed by atoms with Gasteiger partial charge in [0.1, 0.15) is 11.9 Å². The van der Waals surface area contributed by atoms with Crippen LogP contribution >= 0.6 is 0 Å². The van der Waals surface area contributed by atoms with Gasteiger partial charge in [0.2, 0.25) is 11.8 Å². The van der Waals surface area contributed by atoms with E-state index in [-0.39, 0.29) is 23.8 Å². The second-order valence-corrected chi connectivity index (χ2v) is 7.15. The van der Waals surface area contributed by atoms with Gasteiger partial charge in [0.15, 0.2) is 0 Å². The summed E-state index contributed by atoms with van der Waals surface area (Å²) in [6.07, 6.45) is 1.82. The van der Waals surface area contributed by atoms with Crippen molar-refractivity contribution in [1.29, 1.82) is 5.26 Å². The van der Waals surface area contributed by atoms with Crippen molar-refractivity contribution in [3.8, 4) is 6.07 Å². The van der Waals surface area contributed by atoms with Crippen molar-refractivity contribution in [3.05, 3.63) is 47.7 Å². The van der Waals surface area contributed by atoms with Crippen LogP contribution in [0.4, 0.5) is 11.5 Å². The van der Waals surface area contributed by atoms with Crippen molar-refractivity contribution in [2.75, 3.05) is 10.6 Å². The van der Waals surface area contributed by atoms with Crippen molar-refractivity contribution in [2.24, 2.45) is 0 Å². The lowest BCUT2D eigenvalue weighted by Gasteiger charge is -2.27. The molecule has 3 rings (SSSR count). The highest BCUT2D eigenvalue weighted by molar-refractivity contribution is 6.04. The molecule has 6 heteroatoms. The van der Waals surface area contributed by atoms with Crippen molar-refractivity contribution < 1.29 is 9.59 Å². The smallest absolute Gasteiger partial charge is 0.233 e. The number of para-hydroxylation sites is 1. The lowest BCUT2D eigenvalue weighted by Crippen LogP contribution is -2.32. The maximum Gasteiger partial charge on any atom is 0.233 e. The molecule has 1 aliphatic rings. The molecule has 0 saturated heterocycles. The van der Waals surface area contributed by atoms with Gasteiger partial charge in [-0.3, -0.25) is 9.59 Å². The molecule has 2 aromatic rings. The second-order valence-electron chi connectivity index (χ2n) is 7.15. The van der Waals surface area contributed by atoms with E-state index in [1.165, 1.54) is 0 Å². The summed E-state index contributed by atoms with van der Waals surface area (Å²) < 4.78 is 1.86. The van der Waals surface area contributed by atoms with Crippen molar-refractivity contribution in [3.63, 3.8) is 0 Å².